The Bertz CT molecular complexity index is 590. The van der Waals surface area contributed by atoms with Crippen molar-refractivity contribution in [3.63, 3.8) is 0 Å². The summed E-state index contributed by atoms with van der Waals surface area (Å²) in [5, 5.41) is 3.94. The highest BCUT2D eigenvalue weighted by Gasteiger charge is 2.38. The van der Waals surface area contributed by atoms with Gasteiger partial charge in [0.15, 0.2) is 0 Å². The van der Waals surface area contributed by atoms with E-state index in [2.05, 4.69) is 26.1 Å². The minimum Gasteiger partial charge on any atom is -0.387 e. The molecule has 0 fully saturated rings. The van der Waals surface area contributed by atoms with Gasteiger partial charge in [-0.15, -0.1) is 0 Å². The van der Waals surface area contributed by atoms with Crippen LogP contribution in [0.2, 0.25) is 5.02 Å². The van der Waals surface area contributed by atoms with Gasteiger partial charge in [0.2, 0.25) is 0 Å². The van der Waals surface area contributed by atoms with Gasteiger partial charge in [0, 0.05) is 23.0 Å². The predicted octanol–water partition coefficient (Wildman–Crippen LogP) is 5.18. The third-order valence-corrected chi connectivity index (χ3v) is 4.49. The third-order valence-electron chi connectivity index (χ3n) is 4.25. The molecule has 0 saturated carbocycles. The lowest BCUT2D eigenvalue weighted by Crippen LogP contribution is -2.51. The van der Waals surface area contributed by atoms with Gasteiger partial charge in [0.1, 0.15) is 5.82 Å². The lowest BCUT2D eigenvalue weighted by atomic mass is 9.70. The van der Waals surface area contributed by atoms with Crippen LogP contribution in [0.15, 0.2) is 42.6 Å². The summed E-state index contributed by atoms with van der Waals surface area (Å²) in [6.07, 6.45) is 8.57. The Morgan fingerprint density at radius 2 is 1.92 bits per heavy atom. The van der Waals surface area contributed by atoms with Gasteiger partial charge in [-0.25, -0.2) is 4.39 Å². The Hall–Kier alpha value is -1.32. The highest BCUT2D eigenvalue weighted by Crippen LogP contribution is 2.36. The van der Waals surface area contributed by atoms with Crippen molar-refractivity contribution in [3.05, 3.63) is 59.0 Å². The van der Waals surface area contributed by atoms with Crippen molar-refractivity contribution in [2.24, 2.45) is 11.1 Å². The van der Waals surface area contributed by atoms with Crippen molar-refractivity contribution in [1.82, 2.24) is 5.32 Å². The van der Waals surface area contributed by atoms with Gasteiger partial charge in [-0.05, 0) is 54.8 Å². The number of nitrogens with one attached hydrogen (secondary N) is 1. The first kappa shape index (κ1) is 20.7. The van der Waals surface area contributed by atoms with E-state index in [0.717, 1.165) is 6.42 Å². The smallest absolute Gasteiger partial charge is 0.127 e. The van der Waals surface area contributed by atoms with Gasteiger partial charge in [0.25, 0.3) is 0 Å². The van der Waals surface area contributed by atoms with E-state index in [9.17, 15) is 4.39 Å². The molecule has 3 N–H and O–H groups in total. The average Bonchev–Trinajstić information content (AvgIpc) is 2.50. The molecule has 24 heavy (non-hydrogen) atoms. The maximum atomic E-state index is 14.5. The summed E-state index contributed by atoms with van der Waals surface area (Å²) >= 11 is 6.11. The SMILES string of the molecule is C/C=C\C=C/N[C@@H](CC(C)(C)C)C(C)(CN)c1cc(Cl)ccc1F. The van der Waals surface area contributed by atoms with Crippen molar-refractivity contribution in [1.29, 1.82) is 0 Å². The van der Waals surface area contributed by atoms with E-state index in [1.807, 2.05) is 38.3 Å². The lowest BCUT2D eigenvalue weighted by Gasteiger charge is -2.41. The highest BCUT2D eigenvalue weighted by molar-refractivity contribution is 6.30. The Morgan fingerprint density at radius 1 is 1.25 bits per heavy atom. The van der Waals surface area contributed by atoms with E-state index in [1.165, 1.54) is 6.07 Å². The second-order valence-electron chi connectivity index (χ2n) is 7.61. The van der Waals surface area contributed by atoms with Gasteiger partial charge in [-0.1, -0.05) is 51.4 Å². The first-order valence-electron chi connectivity index (χ1n) is 8.33. The molecule has 2 nitrogen and oxygen atoms in total. The quantitative estimate of drug-likeness (QED) is 0.663. The molecule has 0 aromatic heterocycles. The van der Waals surface area contributed by atoms with Crippen LogP contribution in [-0.2, 0) is 5.41 Å². The van der Waals surface area contributed by atoms with E-state index < -0.39 is 5.41 Å². The molecule has 4 heteroatoms. The van der Waals surface area contributed by atoms with Crippen LogP contribution in [0.5, 0.6) is 0 Å². The Kier molecular flexibility index (Phi) is 7.50. The zero-order chi connectivity index (χ0) is 18.4. The molecule has 0 heterocycles. The summed E-state index contributed by atoms with van der Waals surface area (Å²) in [5.74, 6) is -0.273. The van der Waals surface area contributed by atoms with Crippen LogP contribution in [0.1, 0.15) is 46.6 Å². The minimum atomic E-state index is -0.581. The summed E-state index contributed by atoms with van der Waals surface area (Å²) in [6.45, 7) is 10.8. The molecule has 0 aliphatic rings. The van der Waals surface area contributed by atoms with Gasteiger partial charge in [-0.3, -0.25) is 0 Å². The summed E-state index contributed by atoms with van der Waals surface area (Å²) in [5.41, 5.74) is 6.16. The molecule has 134 valence electrons. The maximum Gasteiger partial charge on any atom is 0.127 e. The summed E-state index contributed by atoms with van der Waals surface area (Å²) in [7, 11) is 0. The zero-order valence-corrected chi connectivity index (χ0v) is 16.1. The standard InChI is InChI=1S/C20H30ClFN2/c1-6-7-8-11-24-18(13-19(2,3)4)20(5,14-23)16-12-15(21)9-10-17(16)22/h6-12,18,24H,13-14,23H2,1-5H3/b7-6-,11-8-/t18-,20?/m0/s1. The molecule has 1 rings (SSSR count). The molecule has 0 saturated heterocycles. The monoisotopic (exact) mass is 352 g/mol. The molecule has 1 aromatic carbocycles. The van der Waals surface area contributed by atoms with Crippen LogP contribution >= 0.6 is 11.6 Å². The molecule has 1 unspecified atom stereocenters. The number of hydrogen-bond acceptors (Lipinski definition) is 2. The second kappa shape index (κ2) is 8.68. The number of nitrogens with two attached hydrogens (primary N) is 1. The van der Waals surface area contributed by atoms with Crippen LogP contribution in [0.4, 0.5) is 4.39 Å². The van der Waals surface area contributed by atoms with Crippen molar-refractivity contribution in [2.45, 2.75) is 52.5 Å². The molecule has 0 radical (unpaired) electrons. The molecule has 0 bridgehead atoms. The van der Waals surface area contributed by atoms with Gasteiger partial charge >= 0.3 is 0 Å². The van der Waals surface area contributed by atoms with Crippen LogP contribution in [0, 0.1) is 11.2 Å². The van der Waals surface area contributed by atoms with E-state index in [4.69, 9.17) is 17.3 Å². The second-order valence-corrected chi connectivity index (χ2v) is 8.05. The normalized spacial score (nSPS) is 16.5. The van der Waals surface area contributed by atoms with Crippen molar-refractivity contribution in [2.75, 3.05) is 6.54 Å². The first-order chi connectivity index (χ1) is 11.1. The summed E-state index contributed by atoms with van der Waals surface area (Å²) in [4.78, 5) is 0. The number of allylic oxidation sites excluding steroid dienone is 3. The molecule has 0 aliphatic heterocycles. The van der Waals surface area contributed by atoms with Crippen LogP contribution in [-0.4, -0.2) is 12.6 Å². The molecule has 2 atom stereocenters. The van der Waals surface area contributed by atoms with Crippen molar-refractivity contribution >= 4 is 11.6 Å². The predicted molar refractivity (Wildman–Crippen MR) is 103 cm³/mol. The highest BCUT2D eigenvalue weighted by atomic mass is 35.5. The number of hydrogen-bond donors (Lipinski definition) is 2. The number of rotatable bonds is 7. The van der Waals surface area contributed by atoms with E-state index >= 15 is 0 Å². The fourth-order valence-electron chi connectivity index (χ4n) is 2.79. The van der Waals surface area contributed by atoms with Crippen molar-refractivity contribution in [3.8, 4) is 0 Å². The summed E-state index contributed by atoms with van der Waals surface area (Å²) < 4.78 is 14.5. The first-order valence-corrected chi connectivity index (χ1v) is 8.71. The molecule has 0 aliphatic carbocycles. The number of halogens is 2. The van der Waals surface area contributed by atoms with E-state index in [1.54, 1.807) is 12.1 Å². The zero-order valence-electron chi connectivity index (χ0n) is 15.4. The van der Waals surface area contributed by atoms with Crippen molar-refractivity contribution < 1.29 is 4.39 Å². The average molecular weight is 353 g/mol. The van der Waals surface area contributed by atoms with Crippen LogP contribution < -0.4 is 11.1 Å². The lowest BCUT2D eigenvalue weighted by molar-refractivity contribution is 0.239. The number of benzene rings is 1. The van der Waals surface area contributed by atoms with Gasteiger partial charge < -0.3 is 11.1 Å². The molecule has 0 amide bonds. The molecular weight excluding hydrogens is 323 g/mol. The Morgan fingerprint density at radius 3 is 2.46 bits per heavy atom. The third kappa shape index (κ3) is 5.64. The molecule has 0 spiro atoms. The Balaban J connectivity index is 3.29. The molecular formula is C20H30ClFN2. The minimum absolute atomic E-state index is 0.0306. The maximum absolute atomic E-state index is 14.5. The topological polar surface area (TPSA) is 38.0 Å². The fraction of sp³-hybridized carbons (Fsp3) is 0.500. The van der Waals surface area contributed by atoms with E-state index in [-0.39, 0.29) is 17.3 Å². The van der Waals surface area contributed by atoms with Gasteiger partial charge in [-0.2, -0.15) is 0 Å². The van der Waals surface area contributed by atoms with Crippen LogP contribution in [0.25, 0.3) is 0 Å². The van der Waals surface area contributed by atoms with Crippen LogP contribution in [0.3, 0.4) is 0 Å². The summed E-state index contributed by atoms with van der Waals surface area (Å²) in [6, 6.07) is 4.64. The molecule has 1 aromatic rings. The fourth-order valence-corrected chi connectivity index (χ4v) is 2.97. The van der Waals surface area contributed by atoms with E-state index in [0.29, 0.717) is 17.1 Å². The van der Waals surface area contributed by atoms with Gasteiger partial charge in [0.05, 0.1) is 0 Å². The Labute approximate surface area is 151 Å². The largest absolute Gasteiger partial charge is 0.387 e.